The summed E-state index contributed by atoms with van der Waals surface area (Å²) >= 11 is 0. The van der Waals surface area contributed by atoms with Crippen LogP contribution >= 0.6 is 0 Å². The third-order valence-corrected chi connectivity index (χ3v) is 6.27. The lowest BCUT2D eigenvalue weighted by atomic mass is 10.0. The maximum atomic E-state index is 13.1. The summed E-state index contributed by atoms with van der Waals surface area (Å²) in [5, 5.41) is 10.6. The van der Waals surface area contributed by atoms with Gasteiger partial charge < -0.3 is 14.6 Å². The molecule has 0 radical (unpaired) electrons. The highest BCUT2D eigenvalue weighted by molar-refractivity contribution is 7.92. The molecule has 3 aromatic rings. The number of anilines is 1. The molecule has 1 aromatic heterocycles. The molecule has 7 nitrogen and oxygen atoms in total. The Morgan fingerprint density at radius 2 is 1.67 bits per heavy atom. The molecule has 158 valence electrons. The van der Waals surface area contributed by atoms with Crippen LogP contribution in [0.5, 0.6) is 11.5 Å². The minimum atomic E-state index is -3.91. The van der Waals surface area contributed by atoms with E-state index in [4.69, 9.17) is 9.47 Å². The Kier molecular flexibility index (Phi) is 6.28. The summed E-state index contributed by atoms with van der Waals surface area (Å²) in [5.41, 5.74) is 2.61. The molecule has 2 N–H and O–H groups in total. The predicted molar refractivity (Wildman–Crippen MR) is 115 cm³/mol. The molecule has 0 unspecified atom stereocenters. The number of aliphatic hydroxyl groups excluding tert-OH is 1. The first-order chi connectivity index (χ1) is 14.3. The van der Waals surface area contributed by atoms with Gasteiger partial charge in [0.15, 0.2) is 11.5 Å². The summed E-state index contributed by atoms with van der Waals surface area (Å²) < 4.78 is 39.3. The Bertz CT molecular complexity index is 1150. The molecule has 0 aliphatic heterocycles. The molecule has 1 heterocycles. The number of pyridine rings is 1. The number of aryl methyl sites for hydroxylation is 2. The standard InChI is InChI=1S/C22H24N2O5S/c1-14-8-9-16(22(25)17-7-5-6-10-23-17)12-18(14)24-30(26,27)21-13-20(29-4)19(28-3)11-15(21)2/h5-13,22,24-25H,1-4H3/t22-/m0/s1. The Morgan fingerprint density at radius 3 is 2.30 bits per heavy atom. The summed E-state index contributed by atoms with van der Waals surface area (Å²) in [4.78, 5) is 4.24. The maximum Gasteiger partial charge on any atom is 0.262 e. The molecule has 0 aliphatic rings. The first-order valence-electron chi connectivity index (χ1n) is 9.22. The van der Waals surface area contributed by atoms with Gasteiger partial charge in [-0.25, -0.2) is 8.42 Å². The van der Waals surface area contributed by atoms with Gasteiger partial charge in [-0.1, -0.05) is 18.2 Å². The molecule has 30 heavy (non-hydrogen) atoms. The van der Waals surface area contributed by atoms with E-state index < -0.39 is 16.1 Å². The third kappa shape index (κ3) is 4.39. The van der Waals surface area contributed by atoms with Gasteiger partial charge >= 0.3 is 0 Å². The SMILES string of the molecule is COc1cc(C)c(S(=O)(=O)Nc2cc([C@H](O)c3ccccn3)ccc2C)cc1OC. The second kappa shape index (κ2) is 8.73. The Morgan fingerprint density at radius 1 is 0.967 bits per heavy atom. The first-order valence-corrected chi connectivity index (χ1v) is 10.7. The molecule has 3 rings (SSSR count). The van der Waals surface area contributed by atoms with Crippen LogP contribution in [0.25, 0.3) is 0 Å². The molecular weight excluding hydrogens is 404 g/mol. The van der Waals surface area contributed by atoms with Crippen LogP contribution in [0.1, 0.15) is 28.5 Å². The molecule has 2 aromatic carbocycles. The van der Waals surface area contributed by atoms with Gasteiger partial charge in [0, 0.05) is 12.3 Å². The molecular formula is C22H24N2O5S. The number of nitrogens with one attached hydrogen (secondary N) is 1. The van der Waals surface area contributed by atoms with Crippen molar-refractivity contribution in [3.63, 3.8) is 0 Å². The van der Waals surface area contributed by atoms with E-state index in [2.05, 4.69) is 9.71 Å². The van der Waals surface area contributed by atoms with Crippen molar-refractivity contribution < 1.29 is 23.0 Å². The van der Waals surface area contributed by atoms with Crippen LogP contribution in [0.4, 0.5) is 5.69 Å². The number of hydrogen-bond acceptors (Lipinski definition) is 6. The quantitative estimate of drug-likeness (QED) is 0.597. The first kappa shape index (κ1) is 21.6. The summed E-state index contributed by atoms with van der Waals surface area (Å²) in [6, 6.07) is 13.4. The lowest BCUT2D eigenvalue weighted by Gasteiger charge is -2.17. The van der Waals surface area contributed by atoms with Gasteiger partial charge in [-0.3, -0.25) is 9.71 Å². The molecule has 0 aliphatic carbocycles. The Labute approximate surface area is 176 Å². The van der Waals surface area contributed by atoms with Gasteiger partial charge in [-0.05, 0) is 54.8 Å². The number of hydrogen-bond donors (Lipinski definition) is 2. The van der Waals surface area contributed by atoms with Crippen molar-refractivity contribution in [1.82, 2.24) is 4.98 Å². The van der Waals surface area contributed by atoms with Gasteiger partial charge in [0.25, 0.3) is 10.0 Å². The minimum Gasteiger partial charge on any atom is -0.493 e. The van der Waals surface area contributed by atoms with Gasteiger partial charge in [0.2, 0.25) is 0 Å². The fourth-order valence-electron chi connectivity index (χ4n) is 3.08. The topological polar surface area (TPSA) is 97.8 Å². The number of benzene rings is 2. The molecule has 0 bridgehead atoms. The largest absolute Gasteiger partial charge is 0.493 e. The van der Waals surface area contributed by atoms with Crippen molar-refractivity contribution in [2.75, 3.05) is 18.9 Å². The molecule has 0 amide bonds. The van der Waals surface area contributed by atoms with Crippen molar-refractivity contribution in [2.24, 2.45) is 0 Å². The van der Waals surface area contributed by atoms with Crippen LogP contribution in [0.15, 0.2) is 59.6 Å². The number of aromatic nitrogens is 1. The van der Waals surface area contributed by atoms with Gasteiger partial charge in [-0.2, -0.15) is 0 Å². The Balaban J connectivity index is 1.98. The van der Waals surface area contributed by atoms with Crippen LogP contribution in [-0.2, 0) is 10.0 Å². The van der Waals surface area contributed by atoms with E-state index in [1.54, 1.807) is 62.5 Å². The fourth-order valence-corrected chi connectivity index (χ4v) is 4.44. The van der Waals surface area contributed by atoms with Crippen molar-refractivity contribution in [1.29, 1.82) is 0 Å². The third-order valence-electron chi connectivity index (χ3n) is 4.76. The van der Waals surface area contributed by atoms with Crippen LogP contribution in [0.3, 0.4) is 0 Å². The maximum absolute atomic E-state index is 13.1. The fraction of sp³-hybridized carbons (Fsp3) is 0.227. The van der Waals surface area contributed by atoms with Crippen LogP contribution in [0, 0.1) is 13.8 Å². The number of aliphatic hydroxyl groups is 1. The second-order valence-electron chi connectivity index (χ2n) is 6.81. The number of nitrogens with zero attached hydrogens (tertiary/aromatic N) is 1. The van der Waals surface area contributed by atoms with Crippen LogP contribution < -0.4 is 14.2 Å². The van der Waals surface area contributed by atoms with Crippen molar-refractivity contribution in [3.05, 3.63) is 77.1 Å². The van der Waals surface area contributed by atoms with Crippen LogP contribution in [-0.4, -0.2) is 32.7 Å². The highest BCUT2D eigenvalue weighted by atomic mass is 32.2. The lowest BCUT2D eigenvalue weighted by molar-refractivity contribution is 0.215. The summed E-state index contributed by atoms with van der Waals surface area (Å²) in [6.45, 7) is 3.47. The lowest BCUT2D eigenvalue weighted by Crippen LogP contribution is -2.16. The zero-order valence-electron chi connectivity index (χ0n) is 17.2. The number of methoxy groups -OCH3 is 2. The minimum absolute atomic E-state index is 0.0789. The van der Waals surface area contributed by atoms with Gasteiger partial charge in [0.05, 0.1) is 30.5 Å². The highest BCUT2D eigenvalue weighted by Crippen LogP contribution is 2.34. The normalized spacial score (nSPS) is 12.3. The van der Waals surface area contributed by atoms with E-state index in [0.717, 1.165) is 0 Å². The smallest absolute Gasteiger partial charge is 0.262 e. The van der Waals surface area contributed by atoms with E-state index in [1.165, 1.54) is 20.3 Å². The van der Waals surface area contributed by atoms with E-state index in [-0.39, 0.29) is 4.90 Å². The van der Waals surface area contributed by atoms with E-state index in [0.29, 0.717) is 39.6 Å². The number of sulfonamides is 1. The summed E-state index contributed by atoms with van der Waals surface area (Å²) in [7, 11) is -0.974. The average Bonchev–Trinajstić information content (AvgIpc) is 2.74. The van der Waals surface area contributed by atoms with Crippen molar-refractivity contribution >= 4 is 15.7 Å². The Hall–Kier alpha value is -3.10. The molecule has 0 saturated heterocycles. The van der Waals surface area contributed by atoms with Gasteiger partial charge in [-0.15, -0.1) is 0 Å². The highest BCUT2D eigenvalue weighted by Gasteiger charge is 2.22. The van der Waals surface area contributed by atoms with Crippen molar-refractivity contribution in [2.45, 2.75) is 24.8 Å². The predicted octanol–water partition coefficient (Wildman–Crippen LogP) is 3.60. The van der Waals surface area contributed by atoms with E-state index in [1.807, 2.05) is 0 Å². The van der Waals surface area contributed by atoms with E-state index in [9.17, 15) is 13.5 Å². The molecule has 0 spiro atoms. The zero-order valence-corrected chi connectivity index (χ0v) is 18.0. The average molecular weight is 429 g/mol. The summed E-state index contributed by atoms with van der Waals surface area (Å²) in [5.74, 6) is 0.769. The molecule has 1 atom stereocenters. The number of rotatable bonds is 7. The zero-order chi connectivity index (χ0) is 21.9. The molecule has 0 fully saturated rings. The van der Waals surface area contributed by atoms with Gasteiger partial charge in [0.1, 0.15) is 6.10 Å². The molecule has 0 saturated carbocycles. The number of ether oxygens (including phenoxy) is 2. The molecule has 8 heteroatoms. The van der Waals surface area contributed by atoms with Crippen molar-refractivity contribution in [3.8, 4) is 11.5 Å². The van der Waals surface area contributed by atoms with Crippen LogP contribution in [0.2, 0.25) is 0 Å². The monoisotopic (exact) mass is 428 g/mol. The van der Waals surface area contributed by atoms with E-state index >= 15 is 0 Å². The second-order valence-corrected chi connectivity index (χ2v) is 8.46. The summed E-state index contributed by atoms with van der Waals surface area (Å²) in [6.07, 6.45) is 0.619.